The molecule has 25 heavy (non-hydrogen) atoms. The van der Waals surface area contributed by atoms with E-state index in [2.05, 4.69) is 10.0 Å². The predicted octanol–water partition coefficient (Wildman–Crippen LogP) is 2.82. The van der Waals surface area contributed by atoms with Gasteiger partial charge < -0.3 is 10.4 Å². The first-order valence-corrected chi connectivity index (χ1v) is 9.73. The number of phenols is 1. The molecule has 0 aliphatic rings. The van der Waals surface area contributed by atoms with Gasteiger partial charge in [0.1, 0.15) is 5.75 Å². The largest absolute Gasteiger partial charge is 0.507 e. The maximum absolute atomic E-state index is 12.4. The molecule has 0 fully saturated rings. The second-order valence-electron chi connectivity index (χ2n) is 6.15. The summed E-state index contributed by atoms with van der Waals surface area (Å²) < 4.78 is 25.3. The Morgan fingerprint density at radius 1 is 1.16 bits per heavy atom. The number of hydrogen-bond acceptors (Lipinski definition) is 4. The van der Waals surface area contributed by atoms with Crippen LogP contribution >= 0.6 is 0 Å². The molecule has 0 aliphatic heterocycles. The number of phenolic OH excluding ortho intramolecular Hbond substituents is 1. The highest BCUT2D eigenvalue weighted by Crippen LogP contribution is 2.23. The van der Waals surface area contributed by atoms with Crippen molar-refractivity contribution in [2.75, 3.05) is 11.0 Å². The van der Waals surface area contributed by atoms with Crippen LogP contribution in [0.15, 0.2) is 42.5 Å². The topological polar surface area (TPSA) is 95.5 Å². The molecule has 3 N–H and O–H groups in total. The van der Waals surface area contributed by atoms with Crippen LogP contribution in [0, 0.1) is 0 Å². The smallest absolute Gasteiger partial charge is 0.255 e. The Morgan fingerprint density at radius 2 is 1.84 bits per heavy atom. The fourth-order valence-corrected chi connectivity index (χ4v) is 2.94. The average molecular weight is 362 g/mol. The van der Waals surface area contributed by atoms with E-state index in [1.165, 1.54) is 6.07 Å². The fraction of sp³-hybridized carbons (Fsp3) is 0.278. The Labute approximate surface area is 147 Å². The molecule has 2 aromatic carbocycles. The van der Waals surface area contributed by atoms with Gasteiger partial charge in [-0.05, 0) is 35.2 Å². The molecule has 0 bridgehead atoms. The van der Waals surface area contributed by atoms with Gasteiger partial charge in [0, 0.05) is 6.54 Å². The molecule has 0 radical (unpaired) electrons. The van der Waals surface area contributed by atoms with Gasteiger partial charge in [0.25, 0.3) is 5.91 Å². The van der Waals surface area contributed by atoms with Crippen molar-refractivity contribution in [3.8, 4) is 5.75 Å². The summed E-state index contributed by atoms with van der Waals surface area (Å²) in [5.74, 6) is -0.287. The zero-order valence-corrected chi connectivity index (χ0v) is 15.2. The summed E-state index contributed by atoms with van der Waals surface area (Å²) in [5.41, 5.74) is 2.17. The molecule has 2 rings (SSSR count). The molecular formula is C18H22N2O4S. The minimum absolute atomic E-state index is 0.0931. The first-order valence-electron chi connectivity index (χ1n) is 7.84. The number of aromatic hydroxyl groups is 1. The number of benzene rings is 2. The quantitative estimate of drug-likeness (QED) is 0.736. The van der Waals surface area contributed by atoms with Crippen molar-refractivity contribution >= 4 is 21.6 Å². The van der Waals surface area contributed by atoms with Crippen LogP contribution in [-0.2, 0) is 16.6 Å². The highest BCUT2D eigenvalue weighted by Gasteiger charge is 2.14. The summed E-state index contributed by atoms with van der Waals surface area (Å²) in [6.45, 7) is 4.13. The number of anilines is 1. The molecule has 0 heterocycles. The third kappa shape index (κ3) is 5.22. The van der Waals surface area contributed by atoms with Crippen molar-refractivity contribution in [2.24, 2.45) is 0 Å². The highest BCUT2D eigenvalue weighted by atomic mass is 32.2. The lowest BCUT2D eigenvalue weighted by atomic mass is 10.00. The fourth-order valence-electron chi connectivity index (χ4n) is 2.34. The van der Waals surface area contributed by atoms with Crippen LogP contribution in [-0.4, -0.2) is 25.7 Å². The molecule has 0 atom stereocenters. The zero-order chi connectivity index (χ0) is 18.6. The Bertz CT molecular complexity index is 876. The van der Waals surface area contributed by atoms with Gasteiger partial charge in [0.05, 0.1) is 17.5 Å². The van der Waals surface area contributed by atoms with Gasteiger partial charge >= 0.3 is 0 Å². The molecule has 6 nitrogen and oxygen atoms in total. The molecule has 134 valence electrons. The third-order valence-electron chi connectivity index (χ3n) is 3.68. The van der Waals surface area contributed by atoms with E-state index in [9.17, 15) is 18.3 Å². The Balaban J connectivity index is 2.17. The van der Waals surface area contributed by atoms with Crippen molar-refractivity contribution in [1.82, 2.24) is 5.32 Å². The summed E-state index contributed by atoms with van der Waals surface area (Å²) in [6, 6.07) is 11.8. The van der Waals surface area contributed by atoms with Gasteiger partial charge in [0.2, 0.25) is 10.0 Å². The van der Waals surface area contributed by atoms with Gasteiger partial charge in [-0.2, -0.15) is 0 Å². The number of rotatable bonds is 6. The lowest BCUT2D eigenvalue weighted by Crippen LogP contribution is -2.24. The molecule has 0 aromatic heterocycles. The third-order valence-corrected chi connectivity index (χ3v) is 4.27. The van der Waals surface area contributed by atoms with Gasteiger partial charge in [-0.15, -0.1) is 0 Å². The van der Waals surface area contributed by atoms with E-state index in [-0.39, 0.29) is 23.8 Å². The van der Waals surface area contributed by atoms with E-state index in [1.807, 2.05) is 13.8 Å². The standard InChI is InChI=1S/C18H22N2O4S/c1-12(2)13-8-9-17(21)15(10-13)18(22)19-11-14-6-4-5-7-16(14)20-25(3,23)24/h4-10,12,20-21H,11H2,1-3H3,(H,19,22). The maximum atomic E-state index is 12.4. The Hall–Kier alpha value is -2.54. The van der Waals surface area contributed by atoms with Crippen molar-refractivity contribution in [1.29, 1.82) is 0 Å². The molecule has 0 unspecified atom stereocenters. The van der Waals surface area contributed by atoms with Crippen LogP contribution in [0.3, 0.4) is 0 Å². The minimum Gasteiger partial charge on any atom is -0.507 e. The number of para-hydroxylation sites is 1. The second-order valence-corrected chi connectivity index (χ2v) is 7.89. The molecule has 0 aliphatic carbocycles. The summed E-state index contributed by atoms with van der Waals surface area (Å²) in [7, 11) is -3.41. The summed E-state index contributed by atoms with van der Waals surface area (Å²) in [6.07, 6.45) is 1.07. The van der Waals surface area contributed by atoms with E-state index in [0.717, 1.165) is 11.8 Å². The lowest BCUT2D eigenvalue weighted by molar-refractivity contribution is 0.0948. The number of nitrogens with one attached hydrogen (secondary N) is 2. The van der Waals surface area contributed by atoms with Crippen LogP contribution in [0.2, 0.25) is 0 Å². The highest BCUT2D eigenvalue weighted by molar-refractivity contribution is 7.92. The van der Waals surface area contributed by atoms with Gasteiger partial charge in [-0.1, -0.05) is 38.1 Å². The molecule has 0 spiro atoms. The molecule has 0 saturated carbocycles. The van der Waals surface area contributed by atoms with E-state index in [1.54, 1.807) is 36.4 Å². The van der Waals surface area contributed by atoms with E-state index in [4.69, 9.17) is 0 Å². The Morgan fingerprint density at radius 3 is 2.48 bits per heavy atom. The van der Waals surface area contributed by atoms with E-state index < -0.39 is 15.9 Å². The SMILES string of the molecule is CC(C)c1ccc(O)c(C(=O)NCc2ccccc2NS(C)(=O)=O)c1. The van der Waals surface area contributed by atoms with Crippen molar-refractivity contribution in [3.63, 3.8) is 0 Å². The molecule has 7 heteroatoms. The van der Waals surface area contributed by atoms with Crippen molar-refractivity contribution in [2.45, 2.75) is 26.3 Å². The molecule has 2 aromatic rings. The first kappa shape index (κ1) is 18.8. The lowest BCUT2D eigenvalue weighted by Gasteiger charge is -2.13. The summed E-state index contributed by atoms with van der Waals surface area (Å²) in [5, 5.41) is 12.7. The average Bonchev–Trinajstić information content (AvgIpc) is 2.52. The number of carbonyl (C=O) groups is 1. The van der Waals surface area contributed by atoms with Crippen LogP contribution < -0.4 is 10.0 Å². The predicted molar refractivity (Wildman–Crippen MR) is 98.3 cm³/mol. The number of amides is 1. The second kappa shape index (κ2) is 7.57. The molecule has 1 amide bonds. The number of hydrogen-bond donors (Lipinski definition) is 3. The van der Waals surface area contributed by atoms with Crippen LogP contribution in [0.1, 0.15) is 41.3 Å². The van der Waals surface area contributed by atoms with E-state index in [0.29, 0.717) is 11.3 Å². The normalized spacial score (nSPS) is 11.4. The van der Waals surface area contributed by atoms with Gasteiger partial charge in [0.15, 0.2) is 0 Å². The van der Waals surface area contributed by atoms with Crippen LogP contribution in [0.4, 0.5) is 5.69 Å². The Kier molecular flexibility index (Phi) is 5.69. The molecule has 0 saturated heterocycles. The zero-order valence-electron chi connectivity index (χ0n) is 14.4. The van der Waals surface area contributed by atoms with E-state index >= 15 is 0 Å². The maximum Gasteiger partial charge on any atom is 0.255 e. The van der Waals surface area contributed by atoms with Crippen LogP contribution in [0.5, 0.6) is 5.75 Å². The van der Waals surface area contributed by atoms with Gasteiger partial charge in [-0.3, -0.25) is 9.52 Å². The van der Waals surface area contributed by atoms with Crippen molar-refractivity contribution in [3.05, 3.63) is 59.2 Å². The van der Waals surface area contributed by atoms with Crippen molar-refractivity contribution < 1.29 is 18.3 Å². The molecular weight excluding hydrogens is 340 g/mol. The summed E-state index contributed by atoms with van der Waals surface area (Å²) >= 11 is 0. The monoisotopic (exact) mass is 362 g/mol. The number of carbonyl (C=O) groups excluding carboxylic acids is 1. The van der Waals surface area contributed by atoms with Gasteiger partial charge in [-0.25, -0.2) is 8.42 Å². The summed E-state index contributed by atoms with van der Waals surface area (Å²) in [4.78, 5) is 12.4. The minimum atomic E-state index is -3.41. The first-order chi connectivity index (χ1) is 11.7. The number of sulfonamides is 1. The van der Waals surface area contributed by atoms with Crippen LogP contribution in [0.25, 0.3) is 0 Å².